The van der Waals surface area contributed by atoms with Gasteiger partial charge in [-0.05, 0) is 68.1 Å². The van der Waals surface area contributed by atoms with Crippen molar-refractivity contribution in [3.63, 3.8) is 0 Å². The van der Waals surface area contributed by atoms with E-state index in [1.807, 2.05) is 0 Å². The molecule has 1 saturated heterocycles. The van der Waals surface area contributed by atoms with Crippen LogP contribution in [0.4, 0.5) is 0 Å². The van der Waals surface area contributed by atoms with Gasteiger partial charge in [0.2, 0.25) is 0 Å². The molecule has 1 aliphatic heterocycles. The minimum absolute atomic E-state index is 0.612. The van der Waals surface area contributed by atoms with Crippen LogP contribution >= 0.6 is 0 Å². The highest BCUT2D eigenvalue weighted by Crippen LogP contribution is 2.40. The summed E-state index contributed by atoms with van der Waals surface area (Å²) in [5.74, 6) is 4.71. The first-order valence-electron chi connectivity index (χ1n) is 9.34. The van der Waals surface area contributed by atoms with E-state index in [9.17, 15) is 0 Å². The molecule has 3 aliphatic rings. The summed E-state index contributed by atoms with van der Waals surface area (Å²) in [5.41, 5.74) is 0. The van der Waals surface area contributed by atoms with Crippen LogP contribution in [0.15, 0.2) is 0 Å². The Morgan fingerprint density at radius 3 is 1.55 bits per heavy atom. The molecule has 0 aromatic carbocycles. The Morgan fingerprint density at radius 2 is 1.05 bits per heavy atom. The summed E-state index contributed by atoms with van der Waals surface area (Å²) in [7, 11) is 0. The number of hydrogen-bond donors (Lipinski definition) is 0. The molecule has 2 saturated carbocycles. The molecule has 0 bridgehead atoms. The summed E-state index contributed by atoms with van der Waals surface area (Å²) in [6.45, 7) is 5.92. The van der Waals surface area contributed by atoms with Crippen molar-refractivity contribution >= 4 is 0 Å². The topological polar surface area (TPSA) is 9.23 Å². The van der Waals surface area contributed by atoms with E-state index in [0.29, 0.717) is 6.10 Å². The van der Waals surface area contributed by atoms with Crippen LogP contribution in [0.1, 0.15) is 78.1 Å². The molecule has 0 radical (unpaired) electrons. The summed E-state index contributed by atoms with van der Waals surface area (Å²) in [6.07, 6.45) is 15.0. The second kappa shape index (κ2) is 6.81. The Kier molecular flexibility index (Phi) is 5.07. The lowest BCUT2D eigenvalue weighted by Gasteiger charge is -2.40. The van der Waals surface area contributed by atoms with Gasteiger partial charge in [-0.25, -0.2) is 0 Å². The van der Waals surface area contributed by atoms with Gasteiger partial charge in [-0.3, -0.25) is 0 Å². The molecule has 1 heterocycles. The zero-order valence-corrected chi connectivity index (χ0v) is 13.7. The number of rotatable bonds is 2. The monoisotopic (exact) mass is 278 g/mol. The molecular weight excluding hydrogens is 244 g/mol. The fraction of sp³-hybridized carbons (Fsp3) is 1.00. The normalized spacial score (nSPS) is 47.1. The fourth-order valence-corrected chi connectivity index (χ4v) is 4.95. The summed E-state index contributed by atoms with van der Waals surface area (Å²) >= 11 is 0. The molecule has 1 heteroatoms. The smallest absolute Gasteiger partial charge is 0.0603 e. The SMILES string of the molecule is CC1CCC(C2CCC(C3CCC(C)CC3)OC2)CC1. The second-order valence-corrected chi connectivity index (χ2v) is 8.25. The van der Waals surface area contributed by atoms with Gasteiger partial charge in [0.1, 0.15) is 0 Å². The maximum absolute atomic E-state index is 6.35. The van der Waals surface area contributed by atoms with Crippen molar-refractivity contribution in [1.29, 1.82) is 0 Å². The van der Waals surface area contributed by atoms with Crippen LogP contribution in [0.5, 0.6) is 0 Å². The standard InChI is InChI=1S/C19H34O/c1-14-3-7-16(8-4-14)18-11-12-19(20-13-18)17-9-5-15(2)6-10-17/h14-19H,3-13H2,1-2H3. The summed E-state index contributed by atoms with van der Waals surface area (Å²) < 4.78 is 6.35. The van der Waals surface area contributed by atoms with Gasteiger partial charge in [-0.2, -0.15) is 0 Å². The zero-order valence-electron chi connectivity index (χ0n) is 13.7. The third-order valence-corrected chi connectivity index (χ3v) is 6.66. The highest BCUT2D eigenvalue weighted by atomic mass is 16.5. The van der Waals surface area contributed by atoms with Crippen molar-refractivity contribution in [2.75, 3.05) is 6.61 Å². The molecule has 0 N–H and O–H groups in total. The third kappa shape index (κ3) is 3.59. The van der Waals surface area contributed by atoms with Crippen molar-refractivity contribution in [3.05, 3.63) is 0 Å². The quantitative estimate of drug-likeness (QED) is 0.654. The Morgan fingerprint density at radius 1 is 0.550 bits per heavy atom. The Hall–Kier alpha value is -0.0400. The van der Waals surface area contributed by atoms with Crippen molar-refractivity contribution < 1.29 is 4.74 Å². The number of hydrogen-bond acceptors (Lipinski definition) is 1. The van der Waals surface area contributed by atoms with Gasteiger partial charge >= 0.3 is 0 Å². The van der Waals surface area contributed by atoms with Crippen molar-refractivity contribution in [1.82, 2.24) is 0 Å². The average molecular weight is 278 g/mol. The lowest BCUT2D eigenvalue weighted by molar-refractivity contribution is -0.0732. The molecule has 0 amide bonds. The number of ether oxygens (including phenoxy) is 1. The van der Waals surface area contributed by atoms with E-state index in [4.69, 9.17) is 4.74 Å². The van der Waals surface area contributed by atoms with Crippen molar-refractivity contribution in [2.45, 2.75) is 84.2 Å². The molecule has 2 unspecified atom stereocenters. The van der Waals surface area contributed by atoms with E-state index >= 15 is 0 Å². The molecule has 3 fully saturated rings. The van der Waals surface area contributed by atoms with E-state index in [2.05, 4.69) is 13.8 Å². The fourth-order valence-electron chi connectivity index (χ4n) is 4.95. The first-order chi connectivity index (χ1) is 9.72. The Bertz CT molecular complexity index is 246. The van der Waals surface area contributed by atoms with Gasteiger partial charge in [-0.1, -0.05) is 39.5 Å². The molecule has 0 aromatic rings. The van der Waals surface area contributed by atoms with Crippen molar-refractivity contribution in [3.8, 4) is 0 Å². The van der Waals surface area contributed by atoms with Crippen LogP contribution in [-0.2, 0) is 4.74 Å². The summed E-state index contributed by atoms with van der Waals surface area (Å²) in [5, 5.41) is 0. The molecule has 0 aromatic heterocycles. The van der Waals surface area contributed by atoms with E-state index in [-0.39, 0.29) is 0 Å². The van der Waals surface area contributed by atoms with Crippen LogP contribution in [0, 0.1) is 29.6 Å². The highest BCUT2D eigenvalue weighted by Gasteiger charge is 2.34. The van der Waals surface area contributed by atoms with Crippen molar-refractivity contribution in [2.24, 2.45) is 29.6 Å². The Balaban J connectivity index is 1.42. The van der Waals surface area contributed by atoms with Crippen LogP contribution in [0.2, 0.25) is 0 Å². The lowest BCUT2D eigenvalue weighted by Crippen LogP contribution is -2.37. The van der Waals surface area contributed by atoms with Gasteiger partial charge in [-0.15, -0.1) is 0 Å². The predicted octanol–water partition coefficient (Wildman–Crippen LogP) is 5.43. The first kappa shape index (κ1) is 14.9. The maximum Gasteiger partial charge on any atom is 0.0603 e. The summed E-state index contributed by atoms with van der Waals surface area (Å²) in [4.78, 5) is 0. The van der Waals surface area contributed by atoms with E-state index in [1.165, 1.54) is 64.2 Å². The zero-order chi connectivity index (χ0) is 13.9. The lowest BCUT2D eigenvalue weighted by atomic mass is 9.72. The highest BCUT2D eigenvalue weighted by molar-refractivity contribution is 4.84. The van der Waals surface area contributed by atoms with Gasteiger partial charge in [0.15, 0.2) is 0 Å². The molecular formula is C19H34O. The van der Waals surface area contributed by atoms with Crippen LogP contribution in [0.3, 0.4) is 0 Å². The van der Waals surface area contributed by atoms with Gasteiger partial charge in [0, 0.05) is 0 Å². The molecule has 1 nitrogen and oxygen atoms in total. The average Bonchev–Trinajstić information content (AvgIpc) is 2.49. The van der Waals surface area contributed by atoms with Crippen LogP contribution < -0.4 is 0 Å². The predicted molar refractivity (Wildman–Crippen MR) is 84.7 cm³/mol. The molecule has 20 heavy (non-hydrogen) atoms. The maximum atomic E-state index is 6.35. The second-order valence-electron chi connectivity index (χ2n) is 8.25. The minimum atomic E-state index is 0.612. The molecule has 0 spiro atoms. The largest absolute Gasteiger partial charge is 0.378 e. The minimum Gasteiger partial charge on any atom is -0.378 e. The molecule has 2 atom stereocenters. The molecule has 3 rings (SSSR count). The molecule has 2 aliphatic carbocycles. The van der Waals surface area contributed by atoms with E-state index in [0.717, 1.165) is 36.2 Å². The van der Waals surface area contributed by atoms with Gasteiger partial charge in [0.05, 0.1) is 12.7 Å². The van der Waals surface area contributed by atoms with Gasteiger partial charge in [0.25, 0.3) is 0 Å². The first-order valence-corrected chi connectivity index (χ1v) is 9.34. The Labute approximate surface area is 125 Å². The van der Waals surface area contributed by atoms with Gasteiger partial charge < -0.3 is 4.74 Å². The summed E-state index contributed by atoms with van der Waals surface area (Å²) in [6, 6.07) is 0. The van der Waals surface area contributed by atoms with E-state index < -0.39 is 0 Å². The van der Waals surface area contributed by atoms with Crippen LogP contribution in [-0.4, -0.2) is 12.7 Å². The third-order valence-electron chi connectivity index (χ3n) is 6.66. The van der Waals surface area contributed by atoms with Crippen LogP contribution in [0.25, 0.3) is 0 Å². The van der Waals surface area contributed by atoms with E-state index in [1.54, 1.807) is 0 Å². The molecule has 116 valence electrons.